The fourth-order valence-corrected chi connectivity index (χ4v) is 0.854. The first-order valence-corrected chi connectivity index (χ1v) is 5.32. The Balaban J connectivity index is 3.76. The van der Waals surface area contributed by atoms with Crippen molar-refractivity contribution in [3.63, 3.8) is 0 Å². The average Bonchev–Trinajstić information content (AvgIpc) is 2.26. The van der Waals surface area contributed by atoms with Crippen molar-refractivity contribution >= 4 is 12.1 Å². The van der Waals surface area contributed by atoms with Crippen LogP contribution in [0, 0.1) is 0 Å². The molecule has 0 aromatic rings. The number of esters is 1. The summed E-state index contributed by atoms with van der Waals surface area (Å²) in [4.78, 5) is 22.4. The molecule has 0 unspecified atom stereocenters. The molecule has 0 aromatic heterocycles. The van der Waals surface area contributed by atoms with Crippen molar-refractivity contribution in [3.05, 3.63) is 12.7 Å². The smallest absolute Gasteiger partial charge is 0.408 e. The summed E-state index contributed by atoms with van der Waals surface area (Å²) in [6.45, 7) is 7.44. The van der Waals surface area contributed by atoms with E-state index < -0.39 is 18.1 Å². The summed E-state index contributed by atoms with van der Waals surface area (Å²) in [5, 5.41) is 2.36. The summed E-state index contributed by atoms with van der Waals surface area (Å²) in [6, 6.07) is -0.700. The summed E-state index contributed by atoms with van der Waals surface area (Å²) < 4.78 is 9.58. The quantitative estimate of drug-likeness (QED) is 0.409. The molecular formula is C11H19NO4. The van der Waals surface area contributed by atoms with E-state index in [0.29, 0.717) is 6.61 Å². The molecule has 1 amide bonds. The van der Waals surface area contributed by atoms with Gasteiger partial charge in [0.2, 0.25) is 0 Å². The molecule has 0 saturated carbocycles. The summed E-state index contributed by atoms with van der Waals surface area (Å²) in [7, 11) is 0. The van der Waals surface area contributed by atoms with E-state index in [1.165, 1.54) is 6.08 Å². The predicted molar refractivity (Wildman–Crippen MR) is 60.0 cm³/mol. The zero-order valence-corrected chi connectivity index (χ0v) is 9.82. The molecule has 0 spiro atoms. The summed E-state index contributed by atoms with van der Waals surface area (Å²) in [5.41, 5.74) is 0. The number of nitrogens with one attached hydrogen (secondary N) is 1. The highest BCUT2D eigenvalue weighted by Gasteiger charge is 2.17. The van der Waals surface area contributed by atoms with Gasteiger partial charge in [0.15, 0.2) is 0 Å². The lowest BCUT2D eigenvalue weighted by molar-refractivity contribution is -0.145. The Labute approximate surface area is 95.8 Å². The van der Waals surface area contributed by atoms with Crippen LogP contribution in [0.15, 0.2) is 12.7 Å². The number of alkyl carbamates (subject to hydrolysis) is 1. The largest absolute Gasteiger partial charge is 0.464 e. The Hall–Kier alpha value is -1.52. The summed E-state index contributed by atoms with van der Waals surface area (Å²) in [6.07, 6.45) is 2.57. The van der Waals surface area contributed by atoms with Gasteiger partial charge in [-0.1, -0.05) is 26.0 Å². The molecule has 0 bridgehead atoms. The van der Waals surface area contributed by atoms with Crippen LogP contribution in [0.1, 0.15) is 26.7 Å². The van der Waals surface area contributed by atoms with Crippen LogP contribution in [-0.2, 0) is 14.3 Å². The lowest BCUT2D eigenvalue weighted by Gasteiger charge is -2.12. The maximum atomic E-state index is 11.3. The van der Waals surface area contributed by atoms with Gasteiger partial charge in [0.05, 0.1) is 6.61 Å². The zero-order chi connectivity index (χ0) is 12.4. The second kappa shape index (κ2) is 8.76. The van der Waals surface area contributed by atoms with Crippen LogP contribution in [0.4, 0.5) is 4.79 Å². The van der Waals surface area contributed by atoms with Crippen LogP contribution in [0.2, 0.25) is 0 Å². The molecule has 0 radical (unpaired) electrons. The molecule has 0 fully saturated rings. The maximum Gasteiger partial charge on any atom is 0.408 e. The molecule has 92 valence electrons. The van der Waals surface area contributed by atoms with Crippen molar-refractivity contribution in [1.29, 1.82) is 0 Å². The Kier molecular flexibility index (Phi) is 7.93. The number of carbonyl (C=O) groups is 2. The number of amides is 1. The van der Waals surface area contributed by atoms with Gasteiger partial charge in [0.1, 0.15) is 12.6 Å². The molecule has 0 saturated heterocycles. The molecule has 5 heteroatoms. The van der Waals surface area contributed by atoms with Crippen LogP contribution >= 0.6 is 0 Å². The van der Waals surface area contributed by atoms with Crippen LogP contribution in [0.25, 0.3) is 0 Å². The number of ether oxygens (including phenoxy) is 2. The van der Waals surface area contributed by atoms with E-state index in [4.69, 9.17) is 4.74 Å². The topological polar surface area (TPSA) is 64.6 Å². The molecular weight excluding hydrogens is 210 g/mol. The third kappa shape index (κ3) is 6.86. The van der Waals surface area contributed by atoms with Gasteiger partial charge in [-0.15, -0.1) is 0 Å². The van der Waals surface area contributed by atoms with Crippen molar-refractivity contribution in [2.45, 2.75) is 32.7 Å². The fraction of sp³-hybridized carbons (Fsp3) is 0.636. The zero-order valence-electron chi connectivity index (χ0n) is 9.82. The SMILES string of the molecule is C=CCOC(=O)N[C@@H](C)C(=O)OCCCC. The molecule has 0 aliphatic heterocycles. The van der Waals surface area contributed by atoms with Crippen molar-refractivity contribution in [2.24, 2.45) is 0 Å². The first-order valence-electron chi connectivity index (χ1n) is 5.32. The molecule has 1 atom stereocenters. The maximum absolute atomic E-state index is 11.3. The minimum atomic E-state index is -0.700. The van der Waals surface area contributed by atoms with E-state index in [0.717, 1.165) is 12.8 Å². The third-order valence-electron chi connectivity index (χ3n) is 1.76. The highest BCUT2D eigenvalue weighted by Crippen LogP contribution is 1.93. The van der Waals surface area contributed by atoms with Gasteiger partial charge >= 0.3 is 12.1 Å². The standard InChI is InChI=1S/C11H19NO4/c1-4-6-8-15-10(13)9(3)12-11(14)16-7-5-2/h5,9H,2,4,6-8H2,1,3H3,(H,12,14)/t9-/m0/s1. The van der Waals surface area contributed by atoms with E-state index in [1.807, 2.05) is 6.92 Å². The lowest BCUT2D eigenvalue weighted by Crippen LogP contribution is -2.40. The molecule has 5 nitrogen and oxygen atoms in total. The molecule has 16 heavy (non-hydrogen) atoms. The van der Waals surface area contributed by atoms with E-state index >= 15 is 0 Å². The van der Waals surface area contributed by atoms with Gasteiger partial charge < -0.3 is 14.8 Å². The molecule has 1 N–H and O–H groups in total. The van der Waals surface area contributed by atoms with Crippen LogP contribution < -0.4 is 5.32 Å². The Morgan fingerprint density at radius 3 is 2.69 bits per heavy atom. The van der Waals surface area contributed by atoms with Crippen LogP contribution in [0.5, 0.6) is 0 Å². The molecule has 0 aromatic carbocycles. The third-order valence-corrected chi connectivity index (χ3v) is 1.76. The molecule has 0 aliphatic rings. The van der Waals surface area contributed by atoms with Crippen molar-refractivity contribution in [2.75, 3.05) is 13.2 Å². The first-order chi connectivity index (χ1) is 7.61. The van der Waals surface area contributed by atoms with Gasteiger partial charge in [-0.2, -0.15) is 0 Å². The minimum absolute atomic E-state index is 0.115. The van der Waals surface area contributed by atoms with Gasteiger partial charge in [-0.3, -0.25) is 0 Å². The second-order valence-electron chi connectivity index (χ2n) is 3.27. The van der Waals surface area contributed by atoms with Crippen molar-refractivity contribution < 1.29 is 19.1 Å². The van der Waals surface area contributed by atoms with Crippen LogP contribution in [-0.4, -0.2) is 31.3 Å². The number of unbranched alkanes of at least 4 members (excludes halogenated alkanes) is 1. The average molecular weight is 229 g/mol. The Morgan fingerprint density at radius 2 is 2.12 bits per heavy atom. The van der Waals surface area contributed by atoms with Crippen LogP contribution in [0.3, 0.4) is 0 Å². The van der Waals surface area contributed by atoms with Gasteiger partial charge in [0.25, 0.3) is 0 Å². The fourth-order valence-electron chi connectivity index (χ4n) is 0.854. The number of hydrogen-bond acceptors (Lipinski definition) is 4. The summed E-state index contributed by atoms with van der Waals surface area (Å²) in [5.74, 6) is -0.455. The van der Waals surface area contributed by atoms with E-state index in [2.05, 4.69) is 16.6 Å². The first kappa shape index (κ1) is 14.5. The van der Waals surface area contributed by atoms with E-state index in [-0.39, 0.29) is 6.61 Å². The summed E-state index contributed by atoms with van der Waals surface area (Å²) >= 11 is 0. The van der Waals surface area contributed by atoms with E-state index in [9.17, 15) is 9.59 Å². The van der Waals surface area contributed by atoms with Gasteiger partial charge in [-0.05, 0) is 13.3 Å². The second-order valence-corrected chi connectivity index (χ2v) is 3.27. The van der Waals surface area contributed by atoms with Crippen molar-refractivity contribution in [3.8, 4) is 0 Å². The van der Waals surface area contributed by atoms with Gasteiger partial charge in [-0.25, -0.2) is 9.59 Å². The Morgan fingerprint density at radius 1 is 1.44 bits per heavy atom. The number of hydrogen-bond donors (Lipinski definition) is 1. The predicted octanol–water partition coefficient (Wildman–Crippen LogP) is 1.63. The Bertz CT molecular complexity index is 240. The van der Waals surface area contributed by atoms with Gasteiger partial charge in [0, 0.05) is 0 Å². The number of carbonyl (C=O) groups excluding carboxylic acids is 2. The van der Waals surface area contributed by atoms with Crippen molar-refractivity contribution in [1.82, 2.24) is 5.32 Å². The molecule has 0 aliphatic carbocycles. The highest BCUT2D eigenvalue weighted by molar-refractivity contribution is 5.80. The number of rotatable bonds is 7. The lowest BCUT2D eigenvalue weighted by atomic mass is 10.3. The highest BCUT2D eigenvalue weighted by atomic mass is 16.6. The normalized spacial score (nSPS) is 11.4. The minimum Gasteiger partial charge on any atom is -0.464 e. The monoisotopic (exact) mass is 229 g/mol. The van der Waals surface area contributed by atoms with E-state index in [1.54, 1.807) is 6.92 Å². The molecule has 0 heterocycles. The molecule has 0 rings (SSSR count).